The summed E-state index contributed by atoms with van der Waals surface area (Å²) in [5, 5.41) is 8.42. The molecule has 38 heavy (non-hydrogen) atoms. The Bertz CT molecular complexity index is 564. The van der Waals surface area contributed by atoms with Crippen molar-refractivity contribution in [2.45, 2.75) is 38.5 Å². The first kappa shape index (κ1) is 36.6. The molecule has 0 fully saturated rings. The predicted octanol–water partition coefficient (Wildman–Crippen LogP) is 1.88. The number of aliphatic carboxylic acids is 1. The highest BCUT2D eigenvalue weighted by atomic mass is 35.5. The molecule has 0 radical (unpaired) electrons. The normalized spacial score (nSPS) is 11.1. The lowest BCUT2D eigenvalue weighted by Gasteiger charge is -2.08. The van der Waals surface area contributed by atoms with Gasteiger partial charge in [-0.2, -0.15) is 0 Å². The van der Waals surface area contributed by atoms with E-state index in [4.69, 9.17) is 54.6 Å². The Kier molecular flexibility index (Phi) is 29.1. The van der Waals surface area contributed by atoms with Gasteiger partial charge in [-0.05, 0) is 12.8 Å². The monoisotopic (exact) mass is 572 g/mol. The van der Waals surface area contributed by atoms with Crippen LogP contribution in [0.1, 0.15) is 38.5 Å². The van der Waals surface area contributed by atoms with Gasteiger partial charge in [0.2, 0.25) is 5.78 Å². The molecule has 0 spiro atoms. The zero-order valence-corrected chi connectivity index (χ0v) is 23.1. The lowest BCUT2D eigenvalue weighted by Crippen LogP contribution is -2.17. The highest BCUT2D eigenvalue weighted by Crippen LogP contribution is 2.01. The Hall–Kier alpha value is -1.38. The number of Topliss-reactive ketones (excluding diaryl/α,β-unsaturated/α-hetero) is 1. The van der Waals surface area contributed by atoms with E-state index in [0.717, 1.165) is 38.2 Å². The van der Waals surface area contributed by atoms with Crippen molar-refractivity contribution in [2.75, 3.05) is 105 Å². The van der Waals surface area contributed by atoms with Gasteiger partial charge in [0.25, 0.3) is 0 Å². The van der Waals surface area contributed by atoms with Crippen LogP contribution in [0.25, 0.3) is 0 Å². The van der Waals surface area contributed by atoms with Crippen LogP contribution < -0.4 is 0 Å². The van der Waals surface area contributed by atoms with E-state index >= 15 is 0 Å². The molecular weight excluding hydrogens is 528 g/mol. The number of halogens is 1. The summed E-state index contributed by atoms with van der Waals surface area (Å²) in [6.07, 6.45) is 3.79. The molecule has 0 bridgehead atoms. The average molecular weight is 573 g/mol. The van der Waals surface area contributed by atoms with E-state index in [-0.39, 0.29) is 26.1 Å². The van der Waals surface area contributed by atoms with Crippen molar-refractivity contribution in [3.8, 4) is 0 Å². The Morgan fingerprint density at radius 3 is 1.24 bits per heavy atom. The lowest BCUT2D eigenvalue weighted by molar-refractivity contribution is -0.151. The summed E-state index contributed by atoms with van der Waals surface area (Å²) in [5.41, 5.74) is 0. The van der Waals surface area contributed by atoms with Gasteiger partial charge >= 0.3 is 11.9 Å². The van der Waals surface area contributed by atoms with Gasteiger partial charge in [-0.15, -0.1) is 11.6 Å². The summed E-state index contributed by atoms with van der Waals surface area (Å²) >= 11 is 5.63. The first-order valence-corrected chi connectivity index (χ1v) is 13.6. The van der Waals surface area contributed by atoms with E-state index in [1.807, 2.05) is 0 Å². The van der Waals surface area contributed by atoms with Crippen molar-refractivity contribution in [3.05, 3.63) is 0 Å². The van der Waals surface area contributed by atoms with Gasteiger partial charge in [-0.25, -0.2) is 4.79 Å². The Morgan fingerprint density at radius 1 is 0.474 bits per heavy atom. The van der Waals surface area contributed by atoms with Gasteiger partial charge in [0.05, 0.1) is 92.3 Å². The number of carboxylic acids is 1. The first-order chi connectivity index (χ1) is 18.6. The SMILES string of the molecule is O=C(CCC(=O)C(=O)O)OCCOCCOCCOCCOCCOCCOCCOCCCCCCCl. The fourth-order valence-corrected chi connectivity index (χ4v) is 2.87. The minimum Gasteiger partial charge on any atom is -0.476 e. The third-order valence-corrected chi connectivity index (χ3v) is 4.96. The molecule has 0 unspecified atom stereocenters. The number of alkyl halides is 1. The number of carbonyl (C=O) groups is 3. The molecule has 0 heterocycles. The minimum absolute atomic E-state index is 0.0219. The summed E-state index contributed by atoms with van der Waals surface area (Å²) in [7, 11) is 0. The predicted molar refractivity (Wildman–Crippen MR) is 138 cm³/mol. The quantitative estimate of drug-likeness (QED) is 0.0560. The van der Waals surface area contributed by atoms with Crippen molar-refractivity contribution in [2.24, 2.45) is 0 Å². The molecule has 0 rings (SSSR count). The van der Waals surface area contributed by atoms with E-state index in [9.17, 15) is 14.4 Å². The second kappa shape index (κ2) is 30.2. The number of ketones is 1. The number of carbonyl (C=O) groups excluding carboxylic acids is 2. The molecule has 0 aliphatic heterocycles. The summed E-state index contributed by atoms with van der Waals surface area (Å²) in [6.45, 7) is 6.62. The molecule has 0 aliphatic rings. The minimum atomic E-state index is -1.56. The van der Waals surface area contributed by atoms with Gasteiger partial charge < -0.3 is 43.0 Å². The van der Waals surface area contributed by atoms with Crippen LogP contribution in [0.4, 0.5) is 0 Å². The van der Waals surface area contributed by atoms with Crippen molar-refractivity contribution < 1.29 is 57.4 Å². The van der Waals surface area contributed by atoms with Gasteiger partial charge in [0, 0.05) is 18.9 Å². The molecule has 12 nitrogen and oxygen atoms in total. The van der Waals surface area contributed by atoms with Crippen LogP contribution in [-0.4, -0.2) is 128 Å². The molecule has 0 amide bonds. The Balaban J connectivity index is 3.13. The number of hydrogen-bond donors (Lipinski definition) is 1. The number of rotatable bonds is 31. The van der Waals surface area contributed by atoms with Gasteiger partial charge in [0.15, 0.2) is 0 Å². The largest absolute Gasteiger partial charge is 0.476 e. The number of carboxylic acid groups (broad SMARTS) is 1. The molecule has 0 aromatic carbocycles. The van der Waals surface area contributed by atoms with Gasteiger partial charge in [-0.1, -0.05) is 12.8 Å². The van der Waals surface area contributed by atoms with Crippen LogP contribution in [0.2, 0.25) is 0 Å². The first-order valence-electron chi connectivity index (χ1n) is 13.1. The fraction of sp³-hybridized carbons (Fsp3) is 0.880. The second-order valence-electron chi connectivity index (χ2n) is 7.84. The van der Waals surface area contributed by atoms with Crippen LogP contribution in [0.5, 0.6) is 0 Å². The lowest BCUT2D eigenvalue weighted by atomic mass is 10.2. The molecule has 0 aromatic rings. The van der Waals surface area contributed by atoms with Crippen LogP contribution >= 0.6 is 11.6 Å². The zero-order chi connectivity index (χ0) is 27.9. The molecule has 0 aliphatic carbocycles. The van der Waals surface area contributed by atoms with Crippen molar-refractivity contribution in [1.82, 2.24) is 0 Å². The maximum atomic E-state index is 11.3. The topological polar surface area (TPSA) is 145 Å². The van der Waals surface area contributed by atoms with Crippen molar-refractivity contribution in [1.29, 1.82) is 0 Å². The van der Waals surface area contributed by atoms with Crippen molar-refractivity contribution in [3.63, 3.8) is 0 Å². The van der Waals surface area contributed by atoms with Crippen LogP contribution in [0, 0.1) is 0 Å². The standard InChI is InChI=1S/C25H45ClO12/c26-7-3-1-2-4-8-31-9-10-32-11-12-33-13-14-34-15-16-35-17-18-36-19-20-37-21-22-38-24(28)6-5-23(27)25(29)30/h1-22H2,(H,29,30). The molecular formula is C25H45ClO12. The smallest absolute Gasteiger partial charge is 0.372 e. The Morgan fingerprint density at radius 2 is 0.842 bits per heavy atom. The Labute approximate surface area is 230 Å². The second-order valence-corrected chi connectivity index (χ2v) is 8.22. The fourth-order valence-electron chi connectivity index (χ4n) is 2.68. The summed E-state index contributed by atoms with van der Waals surface area (Å²) in [4.78, 5) is 32.5. The maximum absolute atomic E-state index is 11.3. The zero-order valence-electron chi connectivity index (χ0n) is 22.4. The van der Waals surface area contributed by atoms with E-state index < -0.39 is 17.7 Å². The van der Waals surface area contributed by atoms with E-state index in [2.05, 4.69) is 0 Å². The van der Waals surface area contributed by atoms with Crippen LogP contribution in [-0.2, 0) is 52.3 Å². The summed E-state index contributed by atoms with van der Waals surface area (Å²) in [5.74, 6) is -2.49. The molecule has 0 atom stereocenters. The van der Waals surface area contributed by atoms with Gasteiger partial charge in [-0.3, -0.25) is 9.59 Å². The van der Waals surface area contributed by atoms with Gasteiger partial charge in [0.1, 0.15) is 6.61 Å². The number of ether oxygens (including phenoxy) is 8. The number of hydrogen-bond acceptors (Lipinski definition) is 11. The molecule has 224 valence electrons. The molecule has 0 saturated carbocycles. The van der Waals surface area contributed by atoms with E-state index in [1.54, 1.807) is 0 Å². The van der Waals surface area contributed by atoms with Crippen LogP contribution in [0.15, 0.2) is 0 Å². The molecule has 0 saturated heterocycles. The molecule has 1 N–H and O–H groups in total. The van der Waals surface area contributed by atoms with Crippen LogP contribution in [0.3, 0.4) is 0 Å². The summed E-state index contributed by atoms with van der Waals surface area (Å²) in [6, 6.07) is 0. The highest BCUT2D eigenvalue weighted by molar-refractivity contribution is 6.32. The average Bonchev–Trinajstić information content (AvgIpc) is 2.91. The van der Waals surface area contributed by atoms with E-state index in [0.29, 0.717) is 79.3 Å². The number of esters is 1. The third kappa shape index (κ3) is 29.2. The molecule has 13 heteroatoms. The molecule has 0 aromatic heterocycles. The summed E-state index contributed by atoms with van der Waals surface area (Å²) < 4.78 is 42.6. The van der Waals surface area contributed by atoms with E-state index in [1.165, 1.54) is 0 Å². The highest BCUT2D eigenvalue weighted by Gasteiger charge is 2.14. The number of unbranched alkanes of at least 4 members (excludes halogenated alkanes) is 3. The van der Waals surface area contributed by atoms with Crippen molar-refractivity contribution >= 4 is 29.3 Å². The third-order valence-electron chi connectivity index (χ3n) is 4.69. The maximum Gasteiger partial charge on any atom is 0.372 e.